The Morgan fingerprint density at radius 2 is 2.08 bits per heavy atom. The number of sulfonamides is 1. The molecule has 0 atom stereocenters. The number of carbonyl (C=O) groups is 1. The predicted molar refractivity (Wildman–Crippen MR) is 95.6 cm³/mol. The summed E-state index contributed by atoms with van der Waals surface area (Å²) >= 11 is 3.25. The van der Waals surface area contributed by atoms with Crippen LogP contribution >= 0.6 is 15.9 Å². The molecule has 0 bridgehead atoms. The minimum Gasteiger partial charge on any atom is -0.390 e. The van der Waals surface area contributed by atoms with Crippen LogP contribution in [0.15, 0.2) is 25.9 Å². The van der Waals surface area contributed by atoms with Crippen LogP contribution in [0.25, 0.3) is 0 Å². The summed E-state index contributed by atoms with van der Waals surface area (Å²) in [6.45, 7) is 4.98. The number of nitrogens with two attached hydrogens (primary N) is 1. The van der Waals surface area contributed by atoms with Gasteiger partial charge < -0.3 is 15.7 Å². The van der Waals surface area contributed by atoms with Gasteiger partial charge in [-0.3, -0.25) is 4.79 Å². The molecule has 0 unspecified atom stereocenters. The zero-order valence-corrected chi connectivity index (χ0v) is 16.1. The first kappa shape index (κ1) is 18.9. The van der Waals surface area contributed by atoms with Gasteiger partial charge in [-0.1, -0.05) is 0 Å². The van der Waals surface area contributed by atoms with Crippen molar-refractivity contribution in [2.24, 2.45) is 10.1 Å². The molecule has 1 heterocycles. The number of carbonyl (C=O) groups excluding carboxylic acids is 1. The monoisotopic (exact) mass is 417 g/mol. The van der Waals surface area contributed by atoms with E-state index >= 15 is 0 Å². The van der Waals surface area contributed by atoms with Crippen molar-refractivity contribution in [2.45, 2.75) is 44.1 Å². The van der Waals surface area contributed by atoms with Gasteiger partial charge in [0.2, 0.25) is 5.91 Å². The fourth-order valence-corrected chi connectivity index (χ4v) is 4.63. The Hall–Kier alpha value is -1.45. The molecular weight excluding hydrogens is 398 g/mol. The SMILES string of the molecule is CC(=O)N1CCc2cc(Br)c(S(=O)(=O)N=C(N)CC(C)(C)O)cc21. The molecule has 1 aliphatic heterocycles. The Balaban J connectivity index is 2.47. The summed E-state index contributed by atoms with van der Waals surface area (Å²) in [5.74, 6) is -0.331. The molecule has 3 N–H and O–H groups in total. The summed E-state index contributed by atoms with van der Waals surface area (Å²) in [4.78, 5) is 13.1. The third kappa shape index (κ3) is 4.14. The van der Waals surface area contributed by atoms with Crippen LogP contribution in [0.3, 0.4) is 0 Å². The fourth-order valence-electron chi connectivity index (χ4n) is 2.59. The van der Waals surface area contributed by atoms with E-state index < -0.39 is 15.6 Å². The molecule has 132 valence electrons. The van der Waals surface area contributed by atoms with Crippen molar-refractivity contribution in [3.8, 4) is 0 Å². The van der Waals surface area contributed by atoms with E-state index in [0.29, 0.717) is 23.1 Å². The van der Waals surface area contributed by atoms with E-state index in [-0.39, 0.29) is 23.1 Å². The van der Waals surface area contributed by atoms with Crippen LogP contribution in [-0.2, 0) is 21.2 Å². The minimum absolute atomic E-state index is 0.0619. The van der Waals surface area contributed by atoms with Gasteiger partial charge in [-0.15, -0.1) is 4.40 Å². The van der Waals surface area contributed by atoms with Crippen LogP contribution in [0.5, 0.6) is 0 Å². The maximum Gasteiger partial charge on any atom is 0.285 e. The van der Waals surface area contributed by atoms with Gasteiger partial charge in [-0.2, -0.15) is 8.42 Å². The van der Waals surface area contributed by atoms with Crippen molar-refractivity contribution in [1.82, 2.24) is 0 Å². The number of hydrogen-bond donors (Lipinski definition) is 2. The lowest BCUT2D eigenvalue weighted by Gasteiger charge is -2.17. The molecule has 0 fully saturated rings. The van der Waals surface area contributed by atoms with Crippen LogP contribution in [0, 0.1) is 0 Å². The molecule has 1 aromatic rings. The second kappa shape index (κ2) is 6.45. The standard InChI is InChI=1S/C15H20BrN3O4S/c1-9(20)19-5-4-10-6-11(16)13(7-12(10)19)24(22,23)18-14(17)8-15(2,3)21/h6-7,21H,4-5,8H2,1-3H3,(H2,17,18). The molecule has 7 nitrogen and oxygen atoms in total. The van der Waals surface area contributed by atoms with Crippen molar-refractivity contribution in [1.29, 1.82) is 0 Å². The zero-order chi connectivity index (χ0) is 18.3. The first-order valence-corrected chi connectivity index (χ1v) is 9.56. The van der Waals surface area contributed by atoms with Gasteiger partial charge >= 0.3 is 0 Å². The molecular formula is C15H20BrN3O4S. The van der Waals surface area contributed by atoms with Gasteiger partial charge in [0, 0.05) is 30.0 Å². The Morgan fingerprint density at radius 3 is 2.62 bits per heavy atom. The quantitative estimate of drug-likeness (QED) is 0.569. The van der Waals surface area contributed by atoms with E-state index in [2.05, 4.69) is 20.3 Å². The van der Waals surface area contributed by atoms with Gasteiger partial charge in [0.05, 0.1) is 5.60 Å². The Bertz CT molecular complexity index is 813. The number of hydrogen-bond acceptors (Lipinski definition) is 4. The van der Waals surface area contributed by atoms with E-state index in [1.165, 1.54) is 31.7 Å². The van der Waals surface area contributed by atoms with Gasteiger partial charge in [-0.25, -0.2) is 0 Å². The Labute approximate surface area is 149 Å². The molecule has 2 rings (SSSR count). The number of rotatable bonds is 4. The van der Waals surface area contributed by atoms with Crippen LogP contribution < -0.4 is 10.6 Å². The van der Waals surface area contributed by atoms with Crippen LogP contribution in [0.4, 0.5) is 5.69 Å². The highest BCUT2D eigenvalue weighted by atomic mass is 79.9. The molecule has 9 heteroatoms. The zero-order valence-electron chi connectivity index (χ0n) is 13.7. The lowest BCUT2D eigenvalue weighted by atomic mass is 10.1. The highest BCUT2D eigenvalue weighted by Crippen LogP contribution is 2.36. The molecule has 0 saturated carbocycles. The van der Waals surface area contributed by atoms with Gasteiger partial charge in [0.1, 0.15) is 10.7 Å². The topological polar surface area (TPSA) is 113 Å². The number of aliphatic hydroxyl groups is 1. The summed E-state index contributed by atoms with van der Waals surface area (Å²) < 4.78 is 29.0. The normalized spacial score (nSPS) is 15.5. The van der Waals surface area contributed by atoms with E-state index in [4.69, 9.17) is 5.73 Å². The molecule has 0 saturated heterocycles. The highest BCUT2D eigenvalue weighted by Gasteiger charge is 2.28. The van der Waals surface area contributed by atoms with Crippen molar-refractivity contribution >= 4 is 43.4 Å². The van der Waals surface area contributed by atoms with E-state index in [1.807, 2.05) is 0 Å². The van der Waals surface area contributed by atoms with Gasteiger partial charge in [-0.05, 0) is 53.9 Å². The van der Waals surface area contributed by atoms with Crippen molar-refractivity contribution < 1.29 is 18.3 Å². The van der Waals surface area contributed by atoms with Gasteiger partial charge in [0.15, 0.2) is 0 Å². The van der Waals surface area contributed by atoms with Crippen molar-refractivity contribution in [3.05, 3.63) is 22.2 Å². The fraction of sp³-hybridized carbons (Fsp3) is 0.467. The predicted octanol–water partition coefficient (Wildman–Crippen LogP) is 1.56. The first-order chi connectivity index (χ1) is 10.9. The minimum atomic E-state index is -4.07. The van der Waals surface area contributed by atoms with Crippen molar-refractivity contribution in [2.75, 3.05) is 11.4 Å². The lowest BCUT2D eigenvalue weighted by Crippen LogP contribution is -2.28. The molecule has 1 amide bonds. The summed E-state index contributed by atoms with van der Waals surface area (Å²) in [6, 6.07) is 3.12. The average Bonchev–Trinajstić information content (AvgIpc) is 2.76. The second-order valence-corrected chi connectivity index (χ2v) is 8.81. The average molecular weight is 418 g/mol. The number of amidine groups is 1. The van der Waals surface area contributed by atoms with Crippen LogP contribution in [0.2, 0.25) is 0 Å². The van der Waals surface area contributed by atoms with E-state index in [1.54, 1.807) is 6.07 Å². The van der Waals surface area contributed by atoms with E-state index in [9.17, 15) is 18.3 Å². The number of anilines is 1. The Morgan fingerprint density at radius 1 is 1.46 bits per heavy atom. The summed E-state index contributed by atoms with van der Waals surface area (Å²) in [6.07, 6.45) is 0.590. The molecule has 1 aromatic carbocycles. The van der Waals surface area contributed by atoms with Crippen molar-refractivity contribution in [3.63, 3.8) is 0 Å². The summed E-state index contributed by atoms with van der Waals surface area (Å²) in [5, 5.41) is 9.72. The molecule has 0 aromatic heterocycles. The number of amides is 1. The van der Waals surface area contributed by atoms with Crippen LogP contribution in [-0.4, -0.2) is 37.4 Å². The Kier molecular flexibility index (Phi) is 5.08. The van der Waals surface area contributed by atoms with E-state index in [0.717, 1.165) is 5.56 Å². The highest BCUT2D eigenvalue weighted by molar-refractivity contribution is 9.10. The molecule has 0 radical (unpaired) electrons. The number of fused-ring (bicyclic) bond motifs is 1. The molecule has 0 spiro atoms. The second-order valence-electron chi connectivity index (χ2n) is 6.38. The smallest absolute Gasteiger partial charge is 0.285 e. The molecule has 0 aliphatic carbocycles. The summed E-state index contributed by atoms with van der Waals surface area (Å²) in [5.41, 5.74) is 5.95. The lowest BCUT2D eigenvalue weighted by molar-refractivity contribution is -0.116. The van der Waals surface area contributed by atoms with Crippen LogP contribution in [0.1, 0.15) is 32.8 Å². The number of halogens is 1. The maximum atomic E-state index is 12.5. The molecule has 24 heavy (non-hydrogen) atoms. The number of benzene rings is 1. The summed E-state index contributed by atoms with van der Waals surface area (Å²) in [7, 11) is -4.07. The van der Waals surface area contributed by atoms with Gasteiger partial charge in [0.25, 0.3) is 10.0 Å². The largest absolute Gasteiger partial charge is 0.390 e. The third-order valence-corrected chi connectivity index (χ3v) is 5.82. The number of nitrogens with zero attached hydrogens (tertiary/aromatic N) is 2. The molecule has 1 aliphatic rings. The third-order valence-electron chi connectivity index (χ3n) is 3.54. The first-order valence-electron chi connectivity index (χ1n) is 7.33. The maximum absolute atomic E-state index is 12.5.